The van der Waals surface area contributed by atoms with Crippen LogP contribution in [0.25, 0.3) is 0 Å². The molecular formula is C16H15F6N4. The van der Waals surface area contributed by atoms with E-state index in [-0.39, 0.29) is 5.95 Å². The predicted molar refractivity (Wildman–Crippen MR) is 85.3 cm³/mol. The van der Waals surface area contributed by atoms with Gasteiger partial charge in [0.15, 0.2) is 0 Å². The van der Waals surface area contributed by atoms with E-state index in [0.717, 1.165) is 0 Å². The molecule has 0 atom stereocenters. The van der Waals surface area contributed by atoms with Crippen LogP contribution in [-0.4, -0.2) is 24.1 Å². The summed E-state index contributed by atoms with van der Waals surface area (Å²) >= 11 is 0. The Kier molecular flexibility index (Phi) is 5.07. The maximum absolute atomic E-state index is 13.3. The highest BCUT2D eigenvalue weighted by Gasteiger charge is 2.41. The molecule has 1 aromatic heterocycles. The summed E-state index contributed by atoms with van der Waals surface area (Å²) < 4.78 is 79.8. The molecule has 0 amide bonds. The molecule has 0 saturated heterocycles. The monoisotopic (exact) mass is 377 g/mol. The number of aryl methyl sites for hydroxylation is 1. The minimum absolute atomic E-state index is 0.330. The van der Waals surface area contributed by atoms with Gasteiger partial charge in [-0.3, -0.25) is 0 Å². The number of hydrogen-bond donors (Lipinski definition) is 1. The third kappa shape index (κ3) is 4.36. The number of rotatable bonds is 3. The maximum Gasteiger partial charge on any atom is 0.418 e. The van der Waals surface area contributed by atoms with Crippen molar-refractivity contribution in [3.05, 3.63) is 47.5 Å². The summed E-state index contributed by atoms with van der Waals surface area (Å²) in [7, 11) is 3.26. The van der Waals surface area contributed by atoms with Crippen molar-refractivity contribution >= 4 is 17.5 Å². The molecule has 0 saturated carbocycles. The molecule has 1 aromatic carbocycles. The molecule has 4 nitrogen and oxygen atoms in total. The van der Waals surface area contributed by atoms with Gasteiger partial charge < -0.3 is 10.2 Å². The lowest BCUT2D eigenvalue weighted by molar-refractivity contribution is -0.141. The normalized spacial score (nSPS) is 12.2. The second-order valence-corrected chi connectivity index (χ2v) is 5.77. The molecule has 10 heteroatoms. The Balaban J connectivity index is 2.68. The molecule has 0 spiro atoms. The largest absolute Gasteiger partial charge is 0.418 e. The number of aromatic nitrogens is 2. The van der Waals surface area contributed by atoms with Gasteiger partial charge >= 0.3 is 12.4 Å². The van der Waals surface area contributed by atoms with Crippen LogP contribution in [0, 0.1) is 13.8 Å². The lowest BCUT2D eigenvalue weighted by Gasteiger charge is -2.21. The van der Waals surface area contributed by atoms with Gasteiger partial charge in [-0.05, 0) is 31.5 Å². The molecule has 0 aliphatic heterocycles. The molecule has 2 rings (SSSR count). The lowest BCUT2D eigenvalue weighted by atomic mass is 10.0. The molecule has 0 aliphatic rings. The van der Waals surface area contributed by atoms with Crippen molar-refractivity contribution in [3.8, 4) is 0 Å². The summed E-state index contributed by atoms with van der Waals surface area (Å²) in [5.74, 6) is -0.0441. The van der Waals surface area contributed by atoms with Crippen LogP contribution in [0.2, 0.25) is 0 Å². The first kappa shape index (κ1) is 19.8. The third-order valence-corrected chi connectivity index (χ3v) is 3.34. The average Bonchev–Trinajstić information content (AvgIpc) is 2.45. The van der Waals surface area contributed by atoms with Crippen LogP contribution < -0.4 is 10.2 Å². The Morgan fingerprint density at radius 1 is 0.923 bits per heavy atom. The van der Waals surface area contributed by atoms with E-state index in [4.69, 9.17) is 0 Å². The summed E-state index contributed by atoms with van der Waals surface area (Å²) in [4.78, 5) is 9.38. The van der Waals surface area contributed by atoms with E-state index in [1.807, 2.05) is 0 Å². The SMILES string of the molecule is [CH2]c1cc(C(F)(F)F)c(Nc2nc(C)cc(N(C)C)n2)c(C(F)(F)F)c1. The zero-order valence-electron chi connectivity index (χ0n) is 14.0. The Morgan fingerprint density at radius 2 is 1.42 bits per heavy atom. The van der Waals surface area contributed by atoms with Crippen molar-refractivity contribution in [3.63, 3.8) is 0 Å². The van der Waals surface area contributed by atoms with Crippen LogP contribution >= 0.6 is 0 Å². The van der Waals surface area contributed by atoms with Crippen LogP contribution in [-0.2, 0) is 12.4 Å². The Labute approximate surface area is 145 Å². The van der Waals surface area contributed by atoms with Crippen molar-refractivity contribution in [2.45, 2.75) is 19.3 Å². The summed E-state index contributed by atoms with van der Waals surface area (Å²) in [6, 6.07) is 2.63. The number of hydrogen-bond acceptors (Lipinski definition) is 4. The van der Waals surface area contributed by atoms with Crippen molar-refractivity contribution in [1.29, 1.82) is 0 Å². The molecule has 0 unspecified atom stereocenters. The lowest BCUT2D eigenvalue weighted by Crippen LogP contribution is -2.18. The molecule has 1 radical (unpaired) electrons. The summed E-state index contributed by atoms with van der Waals surface area (Å²) in [6.45, 7) is 4.75. The van der Waals surface area contributed by atoms with E-state index >= 15 is 0 Å². The highest BCUT2D eigenvalue weighted by atomic mass is 19.4. The van der Waals surface area contributed by atoms with Crippen molar-refractivity contribution in [2.24, 2.45) is 0 Å². The van der Waals surface area contributed by atoms with E-state index in [1.54, 1.807) is 32.0 Å². The average molecular weight is 377 g/mol. The number of halogens is 6. The smallest absolute Gasteiger partial charge is 0.363 e. The van der Waals surface area contributed by atoms with Gasteiger partial charge in [-0.1, -0.05) is 0 Å². The first-order chi connectivity index (χ1) is 11.8. The summed E-state index contributed by atoms with van der Waals surface area (Å²) in [6.07, 6.45) is -10.0. The van der Waals surface area contributed by atoms with E-state index in [9.17, 15) is 26.3 Å². The number of nitrogens with one attached hydrogen (secondary N) is 1. The van der Waals surface area contributed by atoms with Gasteiger partial charge in [0, 0.05) is 25.9 Å². The van der Waals surface area contributed by atoms with Crippen molar-refractivity contribution < 1.29 is 26.3 Å². The predicted octanol–water partition coefficient (Wildman–Crippen LogP) is 4.81. The van der Waals surface area contributed by atoms with Gasteiger partial charge in [0.25, 0.3) is 0 Å². The zero-order valence-corrected chi connectivity index (χ0v) is 14.0. The van der Waals surface area contributed by atoms with Crippen LogP contribution in [0.1, 0.15) is 22.4 Å². The number of benzene rings is 1. The fourth-order valence-electron chi connectivity index (χ4n) is 2.23. The first-order valence-electron chi connectivity index (χ1n) is 7.23. The molecule has 26 heavy (non-hydrogen) atoms. The van der Waals surface area contributed by atoms with E-state index in [0.29, 0.717) is 23.6 Å². The fraction of sp³-hybridized carbons (Fsp3) is 0.312. The zero-order chi connectivity index (χ0) is 19.9. The minimum atomic E-state index is -5.02. The standard InChI is InChI=1S/C16H15F6N4/c1-8-5-10(15(17,18)19)13(11(6-8)16(20,21)22)25-14-23-9(2)7-12(24-14)26(3)4/h5-7H,1H2,2-4H3,(H,23,24,25). The van der Waals surface area contributed by atoms with Crippen LogP contribution in [0.4, 0.5) is 43.8 Å². The Hall–Kier alpha value is -2.52. The fourth-order valence-corrected chi connectivity index (χ4v) is 2.23. The highest BCUT2D eigenvalue weighted by molar-refractivity contribution is 5.67. The molecule has 1 N–H and O–H groups in total. The van der Waals surface area contributed by atoms with Gasteiger partial charge in [0.2, 0.25) is 5.95 Å². The first-order valence-corrected chi connectivity index (χ1v) is 7.23. The molecule has 2 aromatic rings. The third-order valence-electron chi connectivity index (χ3n) is 3.34. The molecule has 141 valence electrons. The van der Waals surface area contributed by atoms with E-state index in [1.165, 1.54) is 0 Å². The number of alkyl halides is 6. The minimum Gasteiger partial charge on any atom is -0.363 e. The maximum atomic E-state index is 13.3. The molecule has 0 bridgehead atoms. The Morgan fingerprint density at radius 3 is 1.85 bits per heavy atom. The van der Waals surface area contributed by atoms with Gasteiger partial charge in [-0.2, -0.15) is 31.3 Å². The van der Waals surface area contributed by atoms with Crippen LogP contribution in [0.5, 0.6) is 0 Å². The van der Waals surface area contributed by atoms with Gasteiger partial charge in [0.05, 0.1) is 16.8 Å². The second kappa shape index (κ2) is 6.65. The van der Waals surface area contributed by atoms with Crippen LogP contribution in [0.3, 0.4) is 0 Å². The molecule has 1 heterocycles. The van der Waals surface area contributed by atoms with Gasteiger partial charge in [0.1, 0.15) is 5.82 Å². The topological polar surface area (TPSA) is 41.1 Å². The summed E-state index contributed by atoms with van der Waals surface area (Å²) in [5.41, 5.74) is -4.17. The van der Waals surface area contributed by atoms with Crippen LogP contribution in [0.15, 0.2) is 18.2 Å². The van der Waals surface area contributed by atoms with Gasteiger partial charge in [-0.25, -0.2) is 4.98 Å². The molecule has 0 aliphatic carbocycles. The molecular weight excluding hydrogens is 362 g/mol. The number of nitrogens with zero attached hydrogens (tertiary/aromatic N) is 3. The quantitative estimate of drug-likeness (QED) is 0.779. The highest BCUT2D eigenvalue weighted by Crippen LogP contribution is 2.44. The number of anilines is 3. The van der Waals surface area contributed by atoms with E-state index in [2.05, 4.69) is 22.2 Å². The molecule has 0 fully saturated rings. The summed E-state index contributed by atoms with van der Waals surface area (Å²) in [5, 5.41) is 2.10. The van der Waals surface area contributed by atoms with E-state index < -0.39 is 34.7 Å². The second-order valence-electron chi connectivity index (χ2n) is 5.77. The van der Waals surface area contributed by atoms with Gasteiger partial charge in [-0.15, -0.1) is 0 Å². The van der Waals surface area contributed by atoms with Crippen molar-refractivity contribution in [2.75, 3.05) is 24.3 Å². The Bertz CT molecular complexity index is 776. The van der Waals surface area contributed by atoms with Crippen molar-refractivity contribution in [1.82, 2.24) is 9.97 Å².